The van der Waals surface area contributed by atoms with Crippen LogP contribution in [0.4, 0.5) is 0 Å². The molecule has 1 unspecified atom stereocenters. The second-order valence-electron chi connectivity index (χ2n) is 9.87. The summed E-state index contributed by atoms with van der Waals surface area (Å²) >= 11 is 0. The van der Waals surface area contributed by atoms with E-state index in [0.29, 0.717) is 48.2 Å². The van der Waals surface area contributed by atoms with Gasteiger partial charge in [-0.25, -0.2) is 5.48 Å². The first-order valence-corrected chi connectivity index (χ1v) is 14.1. The van der Waals surface area contributed by atoms with Gasteiger partial charge in [0.15, 0.2) is 23.0 Å². The molecule has 44 heavy (non-hydrogen) atoms. The summed E-state index contributed by atoms with van der Waals surface area (Å²) in [6.07, 6.45) is 3.61. The van der Waals surface area contributed by atoms with E-state index in [9.17, 15) is 14.8 Å². The number of rotatable bonds is 15. The lowest BCUT2D eigenvalue weighted by Gasteiger charge is -2.17. The van der Waals surface area contributed by atoms with Crippen LogP contribution in [0.5, 0.6) is 23.0 Å². The van der Waals surface area contributed by atoms with Crippen LogP contribution >= 0.6 is 0 Å². The number of hydroxylamine groups is 1. The monoisotopic (exact) mass is 596 g/mol. The Hall–Kier alpha value is -5.28. The van der Waals surface area contributed by atoms with Crippen molar-refractivity contribution in [2.75, 3.05) is 14.2 Å². The largest absolute Gasteiger partial charge is 0.493 e. The Morgan fingerprint density at radius 3 is 1.89 bits per heavy atom. The quantitative estimate of drug-likeness (QED) is 0.0983. The molecule has 228 valence electrons. The van der Waals surface area contributed by atoms with Gasteiger partial charge in [0.25, 0.3) is 5.91 Å². The van der Waals surface area contributed by atoms with Crippen LogP contribution in [0, 0.1) is 0 Å². The van der Waals surface area contributed by atoms with Crippen LogP contribution in [-0.2, 0) is 35.6 Å². The Bertz CT molecular complexity index is 1540. The molecule has 0 heterocycles. The maximum atomic E-state index is 12.7. The number of carbonyl (C=O) groups is 2. The smallest absolute Gasteiger partial charge is 0.266 e. The first kappa shape index (κ1) is 31.7. The minimum absolute atomic E-state index is 0.124. The molecule has 0 fully saturated rings. The number of hydrogen-bond donors (Lipinski definition) is 3. The third-order valence-electron chi connectivity index (χ3n) is 6.74. The summed E-state index contributed by atoms with van der Waals surface area (Å²) in [5.74, 6) is 1.01. The van der Waals surface area contributed by atoms with Crippen molar-refractivity contribution in [3.63, 3.8) is 0 Å². The van der Waals surface area contributed by atoms with Gasteiger partial charge in [-0.15, -0.1) is 0 Å². The molecule has 1 atom stereocenters. The lowest BCUT2D eigenvalue weighted by molar-refractivity contribution is -0.133. The molecule has 4 rings (SSSR count). The number of amides is 2. The van der Waals surface area contributed by atoms with Gasteiger partial charge in [-0.3, -0.25) is 14.8 Å². The van der Waals surface area contributed by atoms with Crippen LogP contribution in [0.2, 0.25) is 0 Å². The molecule has 4 aromatic rings. The number of methoxy groups -OCH3 is 2. The topological polar surface area (TPSA) is 115 Å². The van der Waals surface area contributed by atoms with Gasteiger partial charge in [0.2, 0.25) is 5.91 Å². The highest BCUT2D eigenvalue weighted by Crippen LogP contribution is 2.31. The number of nitrogens with one attached hydrogen (secondary N) is 2. The average Bonchev–Trinajstić information content (AvgIpc) is 3.07. The second-order valence-corrected chi connectivity index (χ2v) is 9.87. The van der Waals surface area contributed by atoms with Crippen LogP contribution < -0.4 is 29.7 Å². The Morgan fingerprint density at radius 1 is 0.705 bits per heavy atom. The Labute approximate surface area is 257 Å². The number of allylic oxidation sites excluding steroid dienone is 1. The molecule has 0 spiro atoms. The van der Waals surface area contributed by atoms with Gasteiger partial charge in [0.1, 0.15) is 19.3 Å². The van der Waals surface area contributed by atoms with Crippen molar-refractivity contribution in [1.29, 1.82) is 0 Å². The second kappa shape index (κ2) is 16.4. The molecule has 4 aromatic carbocycles. The van der Waals surface area contributed by atoms with E-state index in [1.807, 2.05) is 78.9 Å². The number of benzene rings is 4. The van der Waals surface area contributed by atoms with Crippen molar-refractivity contribution in [2.45, 2.75) is 32.1 Å². The zero-order chi connectivity index (χ0) is 31.1. The van der Waals surface area contributed by atoms with Crippen molar-refractivity contribution in [1.82, 2.24) is 10.8 Å². The normalized spacial score (nSPS) is 11.4. The average molecular weight is 597 g/mol. The zero-order valence-corrected chi connectivity index (χ0v) is 24.7. The summed E-state index contributed by atoms with van der Waals surface area (Å²) in [6, 6.07) is 29.6. The van der Waals surface area contributed by atoms with E-state index in [4.69, 9.17) is 18.9 Å². The van der Waals surface area contributed by atoms with E-state index in [2.05, 4.69) is 5.32 Å². The summed E-state index contributed by atoms with van der Waals surface area (Å²) in [5.41, 5.74) is 5.30. The fraction of sp³-hybridized carbons (Fsp3) is 0.200. The van der Waals surface area contributed by atoms with Crippen molar-refractivity contribution < 1.29 is 33.7 Å². The fourth-order valence-electron chi connectivity index (χ4n) is 4.43. The molecule has 0 saturated carbocycles. The van der Waals surface area contributed by atoms with Crippen LogP contribution in [0.25, 0.3) is 0 Å². The molecule has 2 amide bonds. The van der Waals surface area contributed by atoms with E-state index in [1.165, 1.54) is 20.3 Å². The van der Waals surface area contributed by atoms with Crippen molar-refractivity contribution in [2.24, 2.45) is 0 Å². The van der Waals surface area contributed by atoms with Gasteiger partial charge in [-0.2, -0.15) is 0 Å². The molecular weight excluding hydrogens is 560 g/mol. The minimum Gasteiger partial charge on any atom is -0.493 e. The molecular formula is C35H36N2O7. The van der Waals surface area contributed by atoms with Gasteiger partial charge < -0.3 is 24.3 Å². The Kier molecular flexibility index (Phi) is 11.8. The first-order valence-electron chi connectivity index (χ1n) is 14.1. The van der Waals surface area contributed by atoms with Gasteiger partial charge in [0.05, 0.1) is 14.2 Å². The molecule has 0 aromatic heterocycles. The molecule has 3 N–H and O–H groups in total. The van der Waals surface area contributed by atoms with Crippen molar-refractivity contribution in [3.8, 4) is 23.0 Å². The first-order chi connectivity index (χ1) is 21.5. The maximum absolute atomic E-state index is 12.7. The summed E-state index contributed by atoms with van der Waals surface area (Å²) in [5, 5.41) is 11.9. The molecule has 9 heteroatoms. The minimum atomic E-state index is -1.02. The van der Waals surface area contributed by atoms with E-state index in [-0.39, 0.29) is 6.42 Å². The predicted octanol–water partition coefficient (Wildman–Crippen LogP) is 5.19. The summed E-state index contributed by atoms with van der Waals surface area (Å²) in [4.78, 5) is 25.0. The van der Waals surface area contributed by atoms with E-state index < -0.39 is 17.9 Å². The molecule has 0 aliphatic carbocycles. The molecule has 0 radical (unpaired) electrons. The lowest BCUT2D eigenvalue weighted by Crippen LogP contribution is -2.46. The van der Waals surface area contributed by atoms with Crippen LogP contribution in [0.1, 0.15) is 22.3 Å². The van der Waals surface area contributed by atoms with Gasteiger partial charge in [0, 0.05) is 6.42 Å². The summed E-state index contributed by atoms with van der Waals surface area (Å²) < 4.78 is 22.8. The highest BCUT2D eigenvalue weighted by molar-refractivity contribution is 5.92. The summed E-state index contributed by atoms with van der Waals surface area (Å²) in [6.45, 7) is 0.770. The van der Waals surface area contributed by atoms with Crippen LogP contribution in [-0.4, -0.2) is 37.3 Å². The number of carbonyl (C=O) groups excluding carboxylic acids is 2. The van der Waals surface area contributed by atoms with Gasteiger partial charge in [-0.05, 0) is 59.0 Å². The zero-order valence-electron chi connectivity index (χ0n) is 24.7. The Balaban J connectivity index is 1.41. The maximum Gasteiger partial charge on any atom is 0.266 e. The number of hydrogen-bond acceptors (Lipinski definition) is 7. The van der Waals surface area contributed by atoms with Crippen molar-refractivity contribution >= 4 is 11.8 Å². The van der Waals surface area contributed by atoms with Crippen LogP contribution in [0.3, 0.4) is 0 Å². The number of ether oxygens (including phenoxy) is 4. The van der Waals surface area contributed by atoms with Gasteiger partial charge in [-0.1, -0.05) is 78.9 Å². The predicted molar refractivity (Wildman–Crippen MR) is 166 cm³/mol. The van der Waals surface area contributed by atoms with E-state index in [0.717, 1.165) is 16.7 Å². The molecule has 0 aliphatic heterocycles. The molecule has 0 bridgehead atoms. The SMILES string of the molecule is COc1ccc(CC(NC(=O)/C=C/Cc2ccc(OCc3ccccc3)c(OCc3ccccc3)c2)C(=O)NO)cc1OC. The highest BCUT2D eigenvalue weighted by Gasteiger charge is 2.21. The summed E-state index contributed by atoms with van der Waals surface area (Å²) in [7, 11) is 3.04. The molecule has 9 nitrogen and oxygen atoms in total. The lowest BCUT2D eigenvalue weighted by atomic mass is 10.0. The van der Waals surface area contributed by atoms with Crippen LogP contribution in [0.15, 0.2) is 109 Å². The van der Waals surface area contributed by atoms with Crippen molar-refractivity contribution in [3.05, 3.63) is 131 Å². The third kappa shape index (κ3) is 9.37. The molecule has 0 aliphatic rings. The Morgan fingerprint density at radius 2 is 1.27 bits per heavy atom. The van der Waals surface area contributed by atoms with E-state index >= 15 is 0 Å². The standard InChI is InChI=1S/C35H36N2O7/c1-41-30-18-17-28(22-32(30)42-2)20-29(35(39)37-40)36-34(38)15-9-14-25-16-19-31(43-23-26-10-5-3-6-11-26)33(21-25)44-24-27-12-7-4-8-13-27/h3-13,15-19,21-22,29,40H,14,20,23-24H2,1-2H3,(H,36,38)(H,37,39)/b15-9+. The fourth-order valence-corrected chi connectivity index (χ4v) is 4.43. The van der Waals surface area contributed by atoms with Gasteiger partial charge >= 0.3 is 0 Å². The highest BCUT2D eigenvalue weighted by atomic mass is 16.5. The van der Waals surface area contributed by atoms with E-state index in [1.54, 1.807) is 29.8 Å². The third-order valence-corrected chi connectivity index (χ3v) is 6.74. The molecule has 0 saturated heterocycles.